The molecule has 0 spiro atoms. The second kappa shape index (κ2) is 7.33. The zero-order chi connectivity index (χ0) is 16.1. The summed E-state index contributed by atoms with van der Waals surface area (Å²) >= 11 is 6.08. The van der Waals surface area contributed by atoms with Crippen molar-refractivity contribution in [2.45, 2.75) is 13.0 Å². The fourth-order valence-electron chi connectivity index (χ4n) is 1.96. The molecule has 2 rings (SSSR count). The number of amides is 1. The molecule has 22 heavy (non-hydrogen) atoms. The predicted molar refractivity (Wildman–Crippen MR) is 82.9 cm³/mol. The molecule has 0 bridgehead atoms. The van der Waals surface area contributed by atoms with E-state index in [1.165, 1.54) is 6.07 Å². The minimum atomic E-state index is -1.00. The van der Waals surface area contributed by atoms with E-state index in [4.69, 9.17) is 11.6 Å². The molecular weight excluding hydrogens is 310 g/mol. The number of benzene rings is 2. The molecule has 116 valence electrons. The van der Waals surface area contributed by atoms with Crippen molar-refractivity contribution in [3.05, 3.63) is 64.7 Å². The van der Waals surface area contributed by atoms with Crippen molar-refractivity contribution in [1.29, 1.82) is 0 Å². The Kier molecular flexibility index (Phi) is 5.46. The number of nitrogens with one attached hydrogen (secondary N) is 2. The van der Waals surface area contributed by atoms with Crippen LogP contribution in [-0.2, 0) is 4.79 Å². The minimum absolute atomic E-state index is 0.0192. The lowest BCUT2D eigenvalue weighted by molar-refractivity contribution is -0.115. The normalized spacial score (nSPS) is 12.0. The summed E-state index contributed by atoms with van der Waals surface area (Å²) in [5.41, 5.74) is 1.08. The summed E-state index contributed by atoms with van der Waals surface area (Å²) in [7, 11) is 0. The fraction of sp³-hybridized carbons (Fsp3) is 0.188. The molecule has 0 aromatic heterocycles. The van der Waals surface area contributed by atoms with Crippen LogP contribution in [0.15, 0.2) is 42.5 Å². The quantitative estimate of drug-likeness (QED) is 0.875. The molecule has 1 atom stereocenters. The molecule has 0 saturated heterocycles. The first-order valence-corrected chi connectivity index (χ1v) is 7.08. The second-order valence-electron chi connectivity index (χ2n) is 4.80. The van der Waals surface area contributed by atoms with Crippen LogP contribution in [-0.4, -0.2) is 12.5 Å². The minimum Gasteiger partial charge on any atom is -0.325 e. The van der Waals surface area contributed by atoms with Gasteiger partial charge in [0.15, 0.2) is 11.6 Å². The van der Waals surface area contributed by atoms with Crippen LogP contribution in [0.2, 0.25) is 5.02 Å². The lowest BCUT2D eigenvalue weighted by Crippen LogP contribution is -2.30. The zero-order valence-corrected chi connectivity index (χ0v) is 12.6. The molecule has 3 nitrogen and oxygen atoms in total. The summed E-state index contributed by atoms with van der Waals surface area (Å²) in [4.78, 5) is 11.8. The van der Waals surface area contributed by atoms with Crippen LogP contribution < -0.4 is 10.6 Å². The number of rotatable bonds is 5. The Morgan fingerprint density at radius 1 is 1.18 bits per heavy atom. The van der Waals surface area contributed by atoms with Gasteiger partial charge in [0, 0.05) is 22.8 Å². The van der Waals surface area contributed by atoms with Crippen molar-refractivity contribution in [1.82, 2.24) is 5.32 Å². The number of carbonyl (C=O) groups excluding carboxylic acids is 1. The largest absolute Gasteiger partial charge is 0.325 e. The first-order chi connectivity index (χ1) is 10.5. The molecule has 1 amide bonds. The topological polar surface area (TPSA) is 41.1 Å². The number of hydrogen-bond donors (Lipinski definition) is 2. The Morgan fingerprint density at radius 3 is 2.59 bits per heavy atom. The van der Waals surface area contributed by atoms with Gasteiger partial charge in [0.25, 0.3) is 0 Å². The van der Waals surface area contributed by atoms with Gasteiger partial charge in [0.2, 0.25) is 5.91 Å². The maximum atomic E-state index is 13.1. The molecule has 2 aromatic carbocycles. The van der Waals surface area contributed by atoms with Gasteiger partial charge in [-0.1, -0.05) is 29.8 Å². The van der Waals surface area contributed by atoms with Crippen LogP contribution in [0.5, 0.6) is 0 Å². The zero-order valence-electron chi connectivity index (χ0n) is 11.9. The molecular formula is C16H15ClF2N2O. The van der Waals surface area contributed by atoms with Crippen molar-refractivity contribution in [3.8, 4) is 0 Å². The summed E-state index contributed by atoms with van der Waals surface area (Å²) in [6.45, 7) is 1.90. The Hall–Kier alpha value is -1.98. The van der Waals surface area contributed by atoms with E-state index < -0.39 is 11.6 Å². The third kappa shape index (κ3) is 4.26. The van der Waals surface area contributed by atoms with Gasteiger partial charge in [-0.15, -0.1) is 0 Å². The monoisotopic (exact) mass is 324 g/mol. The Labute approximate surface area is 132 Å². The van der Waals surface area contributed by atoms with E-state index in [0.29, 0.717) is 5.02 Å². The number of halogens is 3. The van der Waals surface area contributed by atoms with E-state index >= 15 is 0 Å². The van der Waals surface area contributed by atoms with Crippen molar-refractivity contribution in [2.24, 2.45) is 0 Å². The smallest absolute Gasteiger partial charge is 0.238 e. The molecule has 0 saturated carbocycles. The third-order valence-electron chi connectivity index (χ3n) is 3.14. The van der Waals surface area contributed by atoms with E-state index in [1.807, 2.05) is 25.1 Å². The van der Waals surface area contributed by atoms with Gasteiger partial charge in [0.05, 0.1) is 6.54 Å². The molecule has 0 heterocycles. The highest BCUT2D eigenvalue weighted by molar-refractivity contribution is 6.31. The SMILES string of the molecule is C[C@H](NCC(=O)Nc1ccc(F)c(F)c1)c1ccccc1Cl. The Bertz CT molecular complexity index is 679. The van der Waals surface area contributed by atoms with E-state index in [2.05, 4.69) is 10.6 Å². The summed E-state index contributed by atoms with van der Waals surface area (Å²) in [5.74, 6) is -2.32. The van der Waals surface area contributed by atoms with Gasteiger partial charge in [-0.2, -0.15) is 0 Å². The fourth-order valence-corrected chi connectivity index (χ4v) is 2.26. The standard InChI is InChI=1S/C16H15ClF2N2O/c1-10(12-4-2-3-5-13(12)17)20-9-16(22)21-11-6-7-14(18)15(19)8-11/h2-8,10,20H,9H2,1H3,(H,21,22)/t10-/m0/s1. The molecule has 0 aliphatic carbocycles. The van der Waals surface area contributed by atoms with Crippen molar-refractivity contribution >= 4 is 23.2 Å². The first-order valence-electron chi connectivity index (χ1n) is 6.70. The molecule has 0 radical (unpaired) electrons. The first kappa shape index (κ1) is 16.4. The summed E-state index contributed by atoms with van der Waals surface area (Å²) in [6.07, 6.45) is 0. The molecule has 0 aliphatic rings. The molecule has 0 unspecified atom stereocenters. The average Bonchev–Trinajstić information content (AvgIpc) is 2.49. The molecule has 2 N–H and O–H groups in total. The molecule has 0 fully saturated rings. The Balaban J connectivity index is 1.90. The van der Waals surface area contributed by atoms with Crippen LogP contribution in [0.1, 0.15) is 18.5 Å². The number of carbonyl (C=O) groups is 1. The van der Waals surface area contributed by atoms with Crippen molar-refractivity contribution in [2.75, 3.05) is 11.9 Å². The summed E-state index contributed by atoms with van der Waals surface area (Å²) in [5, 5.41) is 6.13. The summed E-state index contributed by atoms with van der Waals surface area (Å²) < 4.78 is 25.9. The lowest BCUT2D eigenvalue weighted by atomic mass is 10.1. The van der Waals surface area contributed by atoms with Crippen LogP contribution in [0.3, 0.4) is 0 Å². The van der Waals surface area contributed by atoms with Gasteiger partial charge in [0.1, 0.15) is 0 Å². The van der Waals surface area contributed by atoms with Crippen molar-refractivity contribution < 1.29 is 13.6 Å². The van der Waals surface area contributed by atoms with Gasteiger partial charge in [-0.25, -0.2) is 8.78 Å². The maximum absolute atomic E-state index is 13.1. The molecule has 2 aromatic rings. The van der Waals surface area contributed by atoms with E-state index in [0.717, 1.165) is 17.7 Å². The number of hydrogen-bond acceptors (Lipinski definition) is 2. The highest BCUT2D eigenvalue weighted by atomic mass is 35.5. The average molecular weight is 325 g/mol. The predicted octanol–water partition coefficient (Wildman–Crippen LogP) is 3.91. The van der Waals surface area contributed by atoms with Gasteiger partial charge >= 0.3 is 0 Å². The highest BCUT2D eigenvalue weighted by Gasteiger charge is 2.11. The van der Waals surface area contributed by atoms with E-state index in [1.54, 1.807) is 6.07 Å². The van der Waals surface area contributed by atoms with Crippen LogP contribution in [0.4, 0.5) is 14.5 Å². The second-order valence-corrected chi connectivity index (χ2v) is 5.21. The van der Waals surface area contributed by atoms with E-state index in [-0.39, 0.29) is 24.2 Å². The van der Waals surface area contributed by atoms with Gasteiger partial charge in [-0.05, 0) is 30.7 Å². The van der Waals surface area contributed by atoms with Crippen LogP contribution >= 0.6 is 11.6 Å². The Morgan fingerprint density at radius 2 is 1.91 bits per heavy atom. The summed E-state index contributed by atoms with van der Waals surface area (Å²) in [6, 6.07) is 10.4. The number of anilines is 1. The van der Waals surface area contributed by atoms with Gasteiger partial charge < -0.3 is 10.6 Å². The maximum Gasteiger partial charge on any atom is 0.238 e. The third-order valence-corrected chi connectivity index (χ3v) is 3.49. The molecule has 0 aliphatic heterocycles. The van der Waals surface area contributed by atoms with Crippen molar-refractivity contribution in [3.63, 3.8) is 0 Å². The lowest BCUT2D eigenvalue weighted by Gasteiger charge is -2.15. The molecule has 6 heteroatoms. The van der Waals surface area contributed by atoms with E-state index in [9.17, 15) is 13.6 Å². The highest BCUT2D eigenvalue weighted by Crippen LogP contribution is 2.21. The van der Waals surface area contributed by atoms with Gasteiger partial charge in [-0.3, -0.25) is 4.79 Å². The van der Waals surface area contributed by atoms with Crippen LogP contribution in [0, 0.1) is 11.6 Å². The van der Waals surface area contributed by atoms with Crippen LogP contribution in [0.25, 0.3) is 0 Å².